The molecule has 3 aromatic carbocycles. The number of nitrogens with zero attached hydrogens (tertiary/aromatic N) is 4. The SMILES string of the molecule is CN(C)CC(=O)N(c1ccc(Cl)c(Cl)c1)C(CN1CCCC1)c1ccc(-c2ccc(N(C)C)cc2)cc1. The van der Waals surface area contributed by atoms with Crippen LogP contribution in [0.1, 0.15) is 24.4 Å². The van der Waals surface area contributed by atoms with E-state index in [1.54, 1.807) is 12.1 Å². The number of carbonyl (C=O) groups is 1. The van der Waals surface area contributed by atoms with Gasteiger partial charge in [0.15, 0.2) is 0 Å². The lowest BCUT2D eigenvalue weighted by Crippen LogP contribution is -2.44. The van der Waals surface area contributed by atoms with E-state index in [0.717, 1.165) is 36.4 Å². The van der Waals surface area contributed by atoms with Crippen molar-refractivity contribution in [2.24, 2.45) is 0 Å². The predicted molar refractivity (Wildman–Crippen MR) is 157 cm³/mol. The maximum absolute atomic E-state index is 13.7. The van der Waals surface area contributed by atoms with E-state index in [1.807, 2.05) is 44.1 Å². The molecule has 0 spiro atoms. The summed E-state index contributed by atoms with van der Waals surface area (Å²) in [5.74, 6) is 0.0240. The summed E-state index contributed by atoms with van der Waals surface area (Å²) >= 11 is 12.6. The Balaban J connectivity index is 1.72. The van der Waals surface area contributed by atoms with Gasteiger partial charge in [-0.15, -0.1) is 0 Å². The number of rotatable bonds is 9. The largest absolute Gasteiger partial charge is 0.378 e. The van der Waals surface area contributed by atoms with Gasteiger partial charge in [-0.3, -0.25) is 4.79 Å². The summed E-state index contributed by atoms with van der Waals surface area (Å²) in [6.07, 6.45) is 2.38. The average molecular weight is 540 g/mol. The number of carbonyl (C=O) groups excluding carboxylic acids is 1. The van der Waals surface area contributed by atoms with Crippen LogP contribution in [-0.4, -0.2) is 70.1 Å². The number of halogens is 2. The number of hydrogen-bond donors (Lipinski definition) is 0. The fraction of sp³-hybridized carbons (Fsp3) is 0.367. The van der Waals surface area contributed by atoms with E-state index >= 15 is 0 Å². The highest BCUT2D eigenvalue weighted by Gasteiger charge is 2.30. The average Bonchev–Trinajstić information content (AvgIpc) is 3.39. The first-order chi connectivity index (χ1) is 17.7. The van der Waals surface area contributed by atoms with Crippen LogP contribution in [0.25, 0.3) is 11.1 Å². The van der Waals surface area contributed by atoms with Crippen LogP contribution in [0.15, 0.2) is 66.7 Å². The van der Waals surface area contributed by atoms with Crippen molar-refractivity contribution in [1.29, 1.82) is 0 Å². The Labute approximate surface area is 231 Å². The van der Waals surface area contributed by atoms with Crippen molar-refractivity contribution < 1.29 is 4.79 Å². The van der Waals surface area contributed by atoms with Crippen molar-refractivity contribution >= 4 is 40.5 Å². The predicted octanol–water partition coefficient (Wildman–Crippen LogP) is 6.46. The lowest BCUT2D eigenvalue weighted by atomic mass is 9.98. The minimum absolute atomic E-state index is 0.0240. The van der Waals surface area contributed by atoms with Crippen LogP contribution in [0.3, 0.4) is 0 Å². The standard InChI is InChI=1S/C30H36Cl2N4O/c1-33(2)21-30(37)36(26-15-16-27(31)28(32)19-26)29(20-35-17-5-6-18-35)24-9-7-22(8-10-24)23-11-13-25(14-12-23)34(3)4/h7-16,19,29H,5-6,17-18,20-21H2,1-4H3. The summed E-state index contributed by atoms with van der Waals surface area (Å²) < 4.78 is 0. The van der Waals surface area contributed by atoms with Gasteiger partial charge in [0.2, 0.25) is 5.91 Å². The van der Waals surface area contributed by atoms with Crippen LogP contribution in [0.2, 0.25) is 10.0 Å². The minimum Gasteiger partial charge on any atom is -0.378 e. The number of likely N-dealkylation sites (tertiary alicyclic amines) is 1. The molecule has 1 aliphatic heterocycles. The monoisotopic (exact) mass is 538 g/mol. The molecule has 0 aliphatic carbocycles. The zero-order chi connectivity index (χ0) is 26.5. The molecule has 4 rings (SSSR count). The van der Waals surface area contributed by atoms with Gasteiger partial charge >= 0.3 is 0 Å². The first kappa shape index (κ1) is 27.5. The summed E-state index contributed by atoms with van der Waals surface area (Å²) in [5.41, 5.74) is 5.34. The number of hydrogen-bond acceptors (Lipinski definition) is 4. The molecule has 0 radical (unpaired) electrons. The van der Waals surface area contributed by atoms with E-state index < -0.39 is 0 Å². The molecule has 0 N–H and O–H groups in total. The van der Waals surface area contributed by atoms with Crippen LogP contribution >= 0.6 is 23.2 Å². The van der Waals surface area contributed by atoms with E-state index in [-0.39, 0.29) is 11.9 Å². The Kier molecular flexibility index (Phi) is 9.14. The lowest BCUT2D eigenvalue weighted by Gasteiger charge is -2.36. The van der Waals surface area contributed by atoms with Gasteiger partial charge in [-0.25, -0.2) is 0 Å². The molecule has 0 saturated carbocycles. The molecule has 1 amide bonds. The van der Waals surface area contributed by atoms with Crippen LogP contribution in [0.5, 0.6) is 0 Å². The first-order valence-corrected chi connectivity index (χ1v) is 13.5. The normalized spacial score (nSPS) is 14.7. The third kappa shape index (κ3) is 6.85. The van der Waals surface area contributed by atoms with Gasteiger partial charge in [-0.05, 0) is 87.0 Å². The number of likely N-dealkylation sites (N-methyl/N-ethyl adjacent to an activating group) is 1. The Hall–Kier alpha value is -2.57. The number of anilines is 2. The molecule has 1 atom stereocenters. The minimum atomic E-state index is -0.159. The van der Waals surface area contributed by atoms with Gasteiger partial charge in [0, 0.05) is 32.0 Å². The first-order valence-electron chi connectivity index (χ1n) is 12.7. The Morgan fingerprint density at radius 3 is 1.92 bits per heavy atom. The van der Waals surface area contributed by atoms with Crippen LogP contribution in [0.4, 0.5) is 11.4 Å². The molecule has 7 heteroatoms. The van der Waals surface area contributed by atoms with Crippen molar-refractivity contribution in [3.8, 4) is 11.1 Å². The van der Waals surface area contributed by atoms with Gasteiger partial charge in [0.05, 0.1) is 22.6 Å². The summed E-state index contributed by atoms with van der Waals surface area (Å²) in [7, 11) is 7.91. The van der Waals surface area contributed by atoms with E-state index in [0.29, 0.717) is 16.6 Å². The maximum atomic E-state index is 13.7. The van der Waals surface area contributed by atoms with E-state index in [2.05, 4.69) is 58.3 Å². The van der Waals surface area contributed by atoms with Crippen molar-refractivity contribution in [2.45, 2.75) is 18.9 Å². The molecule has 0 bridgehead atoms. The smallest absolute Gasteiger partial charge is 0.241 e. The highest BCUT2D eigenvalue weighted by atomic mass is 35.5. The van der Waals surface area contributed by atoms with Gasteiger partial charge in [-0.2, -0.15) is 0 Å². The molecule has 37 heavy (non-hydrogen) atoms. The molecule has 0 aromatic heterocycles. The van der Waals surface area contributed by atoms with Crippen LogP contribution < -0.4 is 9.80 Å². The molecule has 1 unspecified atom stereocenters. The zero-order valence-electron chi connectivity index (χ0n) is 22.1. The summed E-state index contributed by atoms with van der Waals surface area (Å²) in [6, 6.07) is 22.5. The maximum Gasteiger partial charge on any atom is 0.241 e. The fourth-order valence-electron chi connectivity index (χ4n) is 4.87. The third-order valence-corrected chi connectivity index (χ3v) is 7.59. The third-order valence-electron chi connectivity index (χ3n) is 6.86. The molecule has 1 aliphatic rings. The van der Waals surface area contributed by atoms with Crippen molar-refractivity contribution in [2.75, 3.05) is 64.2 Å². The quantitative estimate of drug-likeness (QED) is 0.312. The van der Waals surface area contributed by atoms with Crippen LogP contribution in [0, 0.1) is 0 Å². The highest BCUT2D eigenvalue weighted by Crippen LogP contribution is 2.34. The molecular formula is C30H36Cl2N4O. The highest BCUT2D eigenvalue weighted by molar-refractivity contribution is 6.42. The summed E-state index contributed by atoms with van der Waals surface area (Å²) in [6.45, 7) is 3.15. The Morgan fingerprint density at radius 2 is 1.38 bits per heavy atom. The second-order valence-corrected chi connectivity index (χ2v) is 11.0. The van der Waals surface area contributed by atoms with Gasteiger partial charge in [-0.1, -0.05) is 59.6 Å². The number of benzene rings is 3. The van der Waals surface area contributed by atoms with Crippen molar-refractivity contribution in [3.05, 3.63) is 82.3 Å². The second-order valence-electron chi connectivity index (χ2n) is 10.2. The molecule has 1 fully saturated rings. The van der Waals surface area contributed by atoms with Crippen molar-refractivity contribution in [1.82, 2.24) is 9.80 Å². The van der Waals surface area contributed by atoms with Crippen molar-refractivity contribution in [3.63, 3.8) is 0 Å². The van der Waals surface area contributed by atoms with Crippen LogP contribution in [-0.2, 0) is 4.79 Å². The molecule has 5 nitrogen and oxygen atoms in total. The number of amides is 1. The molecule has 196 valence electrons. The lowest BCUT2D eigenvalue weighted by molar-refractivity contribution is -0.119. The summed E-state index contributed by atoms with van der Waals surface area (Å²) in [4.78, 5) is 22.1. The Bertz CT molecular complexity index is 1190. The van der Waals surface area contributed by atoms with E-state index in [4.69, 9.17) is 23.2 Å². The van der Waals surface area contributed by atoms with Gasteiger partial charge in [0.1, 0.15) is 0 Å². The zero-order valence-corrected chi connectivity index (χ0v) is 23.6. The van der Waals surface area contributed by atoms with Gasteiger partial charge in [0.25, 0.3) is 0 Å². The molecule has 3 aromatic rings. The van der Waals surface area contributed by atoms with E-state index in [9.17, 15) is 4.79 Å². The van der Waals surface area contributed by atoms with Gasteiger partial charge < -0.3 is 19.6 Å². The van der Waals surface area contributed by atoms with E-state index in [1.165, 1.54) is 24.1 Å². The molecule has 1 heterocycles. The second kappa shape index (κ2) is 12.3. The Morgan fingerprint density at radius 1 is 0.811 bits per heavy atom. The fourth-order valence-corrected chi connectivity index (χ4v) is 5.17. The molecular weight excluding hydrogens is 503 g/mol. The topological polar surface area (TPSA) is 30.0 Å². The molecule has 1 saturated heterocycles. The summed E-state index contributed by atoms with van der Waals surface area (Å²) in [5, 5.41) is 0.921.